The van der Waals surface area contributed by atoms with Gasteiger partial charge in [-0.1, -0.05) is 0 Å². The largest absolute Gasteiger partial charge is 0.379 e. The number of nitrogens with zero attached hydrogens (tertiary/aromatic N) is 1. The van der Waals surface area contributed by atoms with Crippen molar-refractivity contribution in [3.63, 3.8) is 0 Å². The summed E-state index contributed by atoms with van der Waals surface area (Å²) in [5.41, 5.74) is 0. The van der Waals surface area contributed by atoms with Crippen LogP contribution in [0.2, 0.25) is 0 Å². The van der Waals surface area contributed by atoms with Crippen LogP contribution in [-0.4, -0.2) is 50.0 Å². The van der Waals surface area contributed by atoms with Gasteiger partial charge in [-0.2, -0.15) is 0 Å². The molecule has 0 saturated carbocycles. The molecule has 0 N–H and O–H groups in total. The van der Waals surface area contributed by atoms with E-state index in [1.807, 2.05) is 0 Å². The Kier molecular flexibility index (Phi) is 2.86. The molecule has 0 spiro atoms. The van der Waals surface area contributed by atoms with Gasteiger partial charge in [0, 0.05) is 18.5 Å². The van der Waals surface area contributed by atoms with Gasteiger partial charge in [0.05, 0.1) is 32.5 Å². The Morgan fingerprint density at radius 3 is 2.23 bits per heavy atom. The van der Waals surface area contributed by atoms with Crippen molar-refractivity contribution in [2.45, 2.75) is 25.9 Å². The Morgan fingerprint density at radius 2 is 1.69 bits per heavy atom. The van der Waals surface area contributed by atoms with E-state index in [9.17, 15) is 0 Å². The second kappa shape index (κ2) is 3.95. The lowest BCUT2D eigenvalue weighted by Crippen LogP contribution is -2.44. The Hall–Kier alpha value is -0.120. The second-order valence-corrected chi connectivity index (χ2v) is 4.39. The van der Waals surface area contributed by atoms with Gasteiger partial charge in [-0.15, -0.1) is 0 Å². The number of fused-ring (bicyclic) bond motifs is 3. The average molecular weight is 185 g/mol. The Morgan fingerprint density at radius 1 is 1.08 bits per heavy atom. The monoisotopic (exact) mass is 185 g/mol. The molecule has 0 amide bonds. The maximum atomic E-state index is 5.62. The molecular weight excluding hydrogens is 166 g/mol. The normalized spacial score (nSPS) is 36.2. The minimum absolute atomic E-state index is 0.479. The highest BCUT2D eigenvalue weighted by atomic mass is 16.5. The van der Waals surface area contributed by atoms with Crippen LogP contribution in [0, 0.1) is 5.92 Å². The summed E-state index contributed by atoms with van der Waals surface area (Å²) in [4.78, 5) is 2.52. The van der Waals surface area contributed by atoms with Crippen LogP contribution in [0.5, 0.6) is 0 Å². The summed E-state index contributed by atoms with van der Waals surface area (Å²) in [7, 11) is 0. The van der Waals surface area contributed by atoms with Crippen LogP contribution in [0.15, 0.2) is 0 Å². The van der Waals surface area contributed by atoms with Gasteiger partial charge in [-0.05, 0) is 13.8 Å². The van der Waals surface area contributed by atoms with Crippen LogP contribution in [-0.2, 0) is 9.47 Å². The zero-order chi connectivity index (χ0) is 9.26. The third-order valence-corrected chi connectivity index (χ3v) is 2.93. The zero-order valence-corrected chi connectivity index (χ0v) is 8.53. The Balaban J connectivity index is 2.09. The molecule has 0 unspecified atom stereocenters. The highest BCUT2D eigenvalue weighted by Gasteiger charge is 2.31. The molecule has 0 atom stereocenters. The lowest BCUT2D eigenvalue weighted by atomic mass is 10.1. The molecule has 3 heteroatoms. The molecule has 13 heavy (non-hydrogen) atoms. The van der Waals surface area contributed by atoms with E-state index in [1.54, 1.807) is 0 Å². The van der Waals surface area contributed by atoms with E-state index in [1.165, 1.54) is 0 Å². The number of ether oxygens (including phenoxy) is 2. The van der Waals surface area contributed by atoms with Crippen LogP contribution < -0.4 is 0 Å². The molecule has 3 nitrogen and oxygen atoms in total. The van der Waals surface area contributed by atoms with E-state index >= 15 is 0 Å². The van der Waals surface area contributed by atoms with Crippen molar-refractivity contribution >= 4 is 0 Å². The fourth-order valence-electron chi connectivity index (χ4n) is 2.21. The van der Waals surface area contributed by atoms with Crippen molar-refractivity contribution in [3.05, 3.63) is 0 Å². The summed E-state index contributed by atoms with van der Waals surface area (Å²) >= 11 is 0. The fraction of sp³-hybridized carbons (Fsp3) is 1.00. The van der Waals surface area contributed by atoms with Gasteiger partial charge in [0.2, 0.25) is 0 Å². The number of hydrogen-bond acceptors (Lipinski definition) is 3. The van der Waals surface area contributed by atoms with Gasteiger partial charge in [-0.3, -0.25) is 4.90 Å². The van der Waals surface area contributed by atoms with E-state index < -0.39 is 0 Å². The SMILES string of the molecule is CC(C)N1CC2COCC1COC2. The minimum atomic E-state index is 0.479. The second-order valence-electron chi connectivity index (χ2n) is 4.39. The lowest BCUT2D eigenvalue weighted by molar-refractivity contribution is -0.00297. The maximum absolute atomic E-state index is 5.62. The van der Waals surface area contributed by atoms with Crippen molar-refractivity contribution in [2.24, 2.45) is 5.92 Å². The maximum Gasteiger partial charge on any atom is 0.0644 e. The molecule has 2 rings (SSSR count). The standard InChI is InChI=1S/C10H19NO2/c1-8(2)11-3-9-4-12-6-10(11)7-13-5-9/h8-10H,3-7H2,1-2H3. The molecular formula is C10H19NO2. The quantitative estimate of drug-likeness (QED) is 0.601. The highest BCUT2D eigenvalue weighted by molar-refractivity contribution is 4.82. The summed E-state index contributed by atoms with van der Waals surface area (Å²) in [5, 5.41) is 0. The van der Waals surface area contributed by atoms with E-state index in [4.69, 9.17) is 9.47 Å². The van der Waals surface area contributed by atoms with E-state index in [0.717, 1.165) is 33.0 Å². The third kappa shape index (κ3) is 2.03. The highest BCUT2D eigenvalue weighted by Crippen LogP contribution is 2.19. The Bertz CT molecular complexity index is 162. The molecule has 2 saturated heterocycles. The van der Waals surface area contributed by atoms with Gasteiger partial charge in [0.15, 0.2) is 0 Å². The van der Waals surface area contributed by atoms with Crippen LogP contribution in [0.4, 0.5) is 0 Å². The molecule has 76 valence electrons. The minimum Gasteiger partial charge on any atom is -0.379 e. The zero-order valence-electron chi connectivity index (χ0n) is 8.53. The topological polar surface area (TPSA) is 21.7 Å². The van der Waals surface area contributed by atoms with Gasteiger partial charge in [-0.25, -0.2) is 0 Å². The smallest absolute Gasteiger partial charge is 0.0644 e. The van der Waals surface area contributed by atoms with Gasteiger partial charge in [0.25, 0.3) is 0 Å². The average Bonchev–Trinajstić information content (AvgIpc) is 2.32. The molecule has 0 aromatic rings. The predicted molar refractivity (Wildman–Crippen MR) is 50.8 cm³/mol. The van der Waals surface area contributed by atoms with Crippen molar-refractivity contribution in [3.8, 4) is 0 Å². The summed E-state index contributed by atoms with van der Waals surface area (Å²) in [6.07, 6.45) is 0. The first kappa shape index (κ1) is 9.44. The van der Waals surface area contributed by atoms with E-state index in [2.05, 4.69) is 18.7 Å². The van der Waals surface area contributed by atoms with Gasteiger partial charge >= 0.3 is 0 Å². The summed E-state index contributed by atoms with van der Waals surface area (Å²) in [6.45, 7) is 9.08. The van der Waals surface area contributed by atoms with Crippen molar-refractivity contribution in [2.75, 3.05) is 33.0 Å². The van der Waals surface area contributed by atoms with Crippen LogP contribution >= 0.6 is 0 Å². The molecule has 2 bridgehead atoms. The summed E-state index contributed by atoms with van der Waals surface area (Å²) < 4.78 is 11.2. The summed E-state index contributed by atoms with van der Waals surface area (Å²) in [6, 6.07) is 1.09. The molecule has 2 fully saturated rings. The van der Waals surface area contributed by atoms with Gasteiger partial charge < -0.3 is 9.47 Å². The number of hydrogen-bond donors (Lipinski definition) is 0. The van der Waals surface area contributed by atoms with E-state index in [-0.39, 0.29) is 0 Å². The molecule has 2 heterocycles. The van der Waals surface area contributed by atoms with Gasteiger partial charge in [0.1, 0.15) is 0 Å². The van der Waals surface area contributed by atoms with Crippen LogP contribution in [0.3, 0.4) is 0 Å². The first-order valence-electron chi connectivity index (χ1n) is 5.18. The van der Waals surface area contributed by atoms with Crippen molar-refractivity contribution < 1.29 is 9.47 Å². The first-order chi connectivity index (χ1) is 6.27. The third-order valence-electron chi connectivity index (χ3n) is 2.93. The summed E-state index contributed by atoms with van der Waals surface area (Å²) in [5.74, 6) is 0.579. The van der Waals surface area contributed by atoms with Crippen molar-refractivity contribution in [1.29, 1.82) is 0 Å². The van der Waals surface area contributed by atoms with Crippen LogP contribution in [0.1, 0.15) is 13.8 Å². The van der Waals surface area contributed by atoms with E-state index in [0.29, 0.717) is 18.0 Å². The molecule has 2 aliphatic rings. The molecule has 0 radical (unpaired) electrons. The molecule has 0 aromatic carbocycles. The molecule has 0 aliphatic carbocycles. The first-order valence-corrected chi connectivity index (χ1v) is 5.18. The Labute approximate surface area is 80.0 Å². The van der Waals surface area contributed by atoms with Crippen LogP contribution in [0.25, 0.3) is 0 Å². The number of rotatable bonds is 1. The fourth-order valence-corrected chi connectivity index (χ4v) is 2.21. The van der Waals surface area contributed by atoms with Crippen molar-refractivity contribution in [1.82, 2.24) is 4.90 Å². The molecule has 2 aliphatic heterocycles. The molecule has 0 aromatic heterocycles. The predicted octanol–water partition coefficient (Wildman–Crippen LogP) is 0.742. The lowest BCUT2D eigenvalue weighted by Gasteiger charge is -2.31.